The molecule has 1 aromatic rings. The molecule has 2 unspecified atom stereocenters. The second kappa shape index (κ2) is 6.91. The van der Waals surface area contributed by atoms with Gasteiger partial charge in [0, 0.05) is 36.7 Å². The van der Waals surface area contributed by atoms with E-state index in [-0.39, 0.29) is 0 Å². The van der Waals surface area contributed by atoms with Gasteiger partial charge in [0.25, 0.3) is 0 Å². The van der Waals surface area contributed by atoms with Crippen LogP contribution in [-0.4, -0.2) is 39.1 Å². The quantitative estimate of drug-likeness (QED) is 0.786. The van der Waals surface area contributed by atoms with Gasteiger partial charge in [-0.2, -0.15) is 11.8 Å². The number of likely N-dealkylation sites (N-methyl/N-ethyl adjacent to an activating group) is 1. The number of aryl methyl sites for hydroxylation is 1. The normalized spacial score (nSPS) is 15.0. The van der Waals surface area contributed by atoms with Gasteiger partial charge in [0.2, 0.25) is 0 Å². The molecule has 2 atom stereocenters. The van der Waals surface area contributed by atoms with Gasteiger partial charge < -0.3 is 5.32 Å². The third-order valence-electron chi connectivity index (χ3n) is 2.67. The minimum Gasteiger partial charge on any atom is -0.316 e. The Morgan fingerprint density at radius 1 is 1.56 bits per heavy atom. The monoisotopic (exact) mass is 242 g/mol. The van der Waals surface area contributed by atoms with E-state index in [4.69, 9.17) is 0 Å². The Labute approximate surface area is 102 Å². The van der Waals surface area contributed by atoms with Crippen molar-refractivity contribution < 1.29 is 0 Å². The van der Waals surface area contributed by atoms with Gasteiger partial charge in [0.1, 0.15) is 0 Å². The van der Waals surface area contributed by atoms with Crippen LogP contribution in [0.1, 0.15) is 26.0 Å². The fourth-order valence-electron chi connectivity index (χ4n) is 1.38. The third kappa shape index (κ3) is 4.53. The van der Waals surface area contributed by atoms with E-state index >= 15 is 0 Å². The van der Waals surface area contributed by atoms with Gasteiger partial charge in [0.15, 0.2) is 0 Å². The molecule has 1 heterocycles. The van der Waals surface area contributed by atoms with Crippen molar-refractivity contribution in [1.82, 2.24) is 20.3 Å². The standard InChI is InChI=1S/C11H22N4S/c1-5-9(2)16-8-11(12-3)6-10-7-15(4)14-13-10/h7,9,11-12H,5-6,8H2,1-4H3. The molecule has 0 saturated carbocycles. The fourth-order valence-corrected chi connectivity index (χ4v) is 2.46. The molecular weight excluding hydrogens is 220 g/mol. The average Bonchev–Trinajstić information content (AvgIpc) is 2.69. The van der Waals surface area contributed by atoms with Crippen LogP contribution in [-0.2, 0) is 13.5 Å². The minimum absolute atomic E-state index is 0.482. The van der Waals surface area contributed by atoms with Crippen molar-refractivity contribution in [2.24, 2.45) is 7.05 Å². The van der Waals surface area contributed by atoms with Gasteiger partial charge in [-0.15, -0.1) is 5.10 Å². The van der Waals surface area contributed by atoms with Crippen LogP contribution in [0.4, 0.5) is 0 Å². The molecule has 0 aliphatic carbocycles. The van der Waals surface area contributed by atoms with Crippen LogP contribution >= 0.6 is 11.8 Å². The summed E-state index contributed by atoms with van der Waals surface area (Å²) in [6.07, 6.45) is 4.16. The van der Waals surface area contributed by atoms with E-state index in [1.165, 1.54) is 6.42 Å². The van der Waals surface area contributed by atoms with Crippen LogP contribution in [0.25, 0.3) is 0 Å². The Hall–Kier alpha value is -0.550. The highest BCUT2D eigenvalue weighted by Crippen LogP contribution is 2.15. The maximum absolute atomic E-state index is 4.11. The molecule has 0 saturated heterocycles. The molecule has 1 N–H and O–H groups in total. The highest BCUT2D eigenvalue weighted by atomic mass is 32.2. The van der Waals surface area contributed by atoms with Gasteiger partial charge in [0.05, 0.1) is 5.69 Å². The van der Waals surface area contributed by atoms with E-state index in [2.05, 4.69) is 29.5 Å². The Bertz CT molecular complexity index is 300. The van der Waals surface area contributed by atoms with Crippen LogP contribution in [0.3, 0.4) is 0 Å². The van der Waals surface area contributed by atoms with Crippen molar-refractivity contribution in [2.75, 3.05) is 12.8 Å². The molecular formula is C11H22N4S. The molecule has 1 rings (SSSR count). The van der Waals surface area contributed by atoms with Gasteiger partial charge in [-0.05, 0) is 13.5 Å². The number of aromatic nitrogens is 3. The summed E-state index contributed by atoms with van der Waals surface area (Å²) in [5.74, 6) is 1.13. The average molecular weight is 242 g/mol. The third-order valence-corrected chi connectivity index (χ3v) is 4.17. The Morgan fingerprint density at radius 2 is 2.31 bits per heavy atom. The predicted octanol–water partition coefficient (Wildman–Crippen LogP) is 1.48. The topological polar surface area (TPSA) is 42.7 Å². The van der Waals surface area contributed by atoms with Crippen LogP contribution in [0.2, 0.25) is 0 Å². The maximum atomic E-state index is 4.11. The van der Waals surface area contributed by atoms with E-state index in [0.29, 0.717) is 6.04 Å². The van der Waals surface area contributed by atoms with E-state index in [1.807, 2.05) is 32.1 Å². The number of thioether (sulfide) groups is 1. The molecule has 4 nitrogen and oxygen atoms in total. The van der Waals surface area contributed by atoms with Crippen LogP contribution in [0.15, 0.2) is 6.20 Å². The SMILES string of the molecule is CCC(C)SCC(Cc1cn(C)nn1)NC. The molecule has 0 amide bonds. The highest BCUT2D eigenvalue weighted by molar-refractivity contribution is 7.99. The summed E-state index contributed by atoms with van der Waals surface area (Å²) in [6.45, 7) is 4.51. The van der Waals surface area contributed by atoms with Crippen molar-refractivity contribution in [3.05, 3.63) is 11.9 Å². The Kier molecular flexibility index (Phi) is 5.84. The summed E-state index contributed by atoms with van der Waals surface area (Å²) in [6, 6.07) is 0.482. The number of rotatable bonds is 7. The van der Waals surface area contributed by atoms with Crippen molar-refractivity contribution in [3.63, 3.8) is 0 Å². The lowest BCUT2D eigenvalue weighted by atomic mass is 10.2. The summed E-state index contributed by atoms with van der Waals surface area (Å²) in [7, 11) is 3.91. The lowest BCUT2D eigenvalue weighted by Gasteiger charge is -2.16. The van der Waals surface area contributed by atoms with Crippen LogP contribution in [0, 0.1) is 0 Å². The first-order valence-electron chi connectivity index (χ1n) is 5.79. The zero-order valence-corrected chi connectivity index (χ0v) is 11.4. The van der Waals surface area contributed by atoms with Gasteiger partial charge in [-0.1, -0.05) is 19.1 Å². The first-order chi connectivity index (χ1) is 7.65. The summed E-state index contributed by atoms with van der Waals surface area (Å²) >= 11 is 2.02. The first-order valence-corrected chi connectivity index (χ1v) is 6.84. The molecule has 92 valence electrons. The second-order valence-corrected chi connectivity index (χ2v) is 5.60. The zero-order valence-electron chi connectivity index (χ0n) is 10.6. The summed E-state index contributed by atoms with van der Waals surface area (Å²) < 4.78 is 1.75. The molecule has 0 spiro atoms. The number of hydrogen-bond donors (Lipinski definition) is 1. The lowest BCUT2D eigenvalue weighted by molar-refractivity contribution is 0.606. The van der Waals surface area contributed by atoms with Crippen molar-refractivity contribution in [1.29, 1.82) is 0 Å². The molecule has 0 radical (unpaired) electrons. The minimum atomic E-state index is 0.482. The summed E-state index contributed by atoms with van der Waals surface area (Å²) in [4.78, 5) is 0. The smallest absolute Gasteiger partial charge is 0.0842 e. The molecule has 0 aromatic carbocycles. The van der Waals surface area contributed by atoms with Crippen LogP contribution in [0.5, 0.6) is 0 Å². The van der Waals surface area contributed by atoms with E-state index in [9.17, 15) is 0 Å². The van der Waals surface area contributed by atoms with Crippen molar-refractivity contribution in [3.8, 4) is 0 Å². The fraction of sp³-hybridized carbons (Fsp3) is 0.818. The molecule has 16 heavy (non-hydrogen) atoms. The molecule has 1 aromatic heterocycles. The van der Waals surface area contributed by atoms with Crippen molar-refractivity contribution in [2.45, 2.75) is 38.0 Å². The molecule has 0 aliphatic rings. The molecule has 0 fully saturated rings. The van der Waals surface area contributed by atoms with Crippen LogP contribution < -0.4 is 5.32 Å². The second-order valence-electron chi connectivity index (χ2n) is 4.13. The lowest BCUT2D eigenvalue weighted by Crippen LogP contribution is -2.30. The zero-order chi connectivity index (χ0) is 12.0. The number of nitrogens with zero attached hydrogens (tertiary/aromatic N) is 3. The van der Waals surface area contributed by atoms with E-state index in [1.54, 1.807) is 4.68 Å². The Balaban J connectivity index is 2.37. The Morgan fingerprint density at radius 3 is 2.81 bits per heavy atom. The summed E-state index contributed by atoms with van der Waals surface area (Å²) in [5.41, 5.74) is 1.06. The molecule has 0 bridgehead atoms. The molecule has 5 heteroatoms. The number of nitrogens with one attached hydrogen (secondary N) is 1. The van der Waals surface area contributed by atoms with E-state index < -0.39 is 0 Å². The molecule has 0 aliphatic heterocycles. The largest absolute Gasteiger partial charge is 0.316 e. The first kappa shape index (κ1) is 13.5. The predicted molar refractivity (Wildman–Crippen MR) is 69.8 cm³/mol. The van der Waals surface area contributed by atoms with Gasteiger partial charge in [-0.3, -0.25) is 4.68 Å². The van der Waals surface area contributed by atoms with Gasteiger partial charge in [-0.25, -0.2) is 0 Å². The van der Waals surface area contributed by atoms with E-state index in [0.717, 1.165) is 23.1 Å². The van der Waals surface area contributed by atoms with Crippen molar-refractivity contribution >= 4 is 11.8 Å². The van der Waals surface area contributed by atoms with Gasteiger partial charge >= 0.3 is 0 Å². The number of hydrogen-bond acceptors (Lipinski definition) is 4. The highest BCUT2D eigenvalue weighted by Gasteiger charge is 2.11. The summed E-state index contributed by atoms with van der Waals surface area (Å²) in [5, 5.41) is 12.1. The maximum Gasteiger partial charge on any atom is 0.0842 e.